The van der Waals surface area contributed by atoms with Crippen LogP contribution in [-0.2, 0) is 20.0 Å². The van der Waals surface area contributed by atoms with Gasteiger partial charge in [0.25, 0.3) is 0 Å². The maximum absolute atomic E-state index is 13.1. The molecule has 35 heavy (non-hydrogen) atoms. The standard InChI is InChI=1S/C26H37N3O4S2/c1-19-11-15-21(16-12-19)34(30,31)28-25-9-5-3-7-23(25)27-24-8-4-6-10-26(24)29-35(32,33)22-17-13-20(2)14-18-22/h11-18,23-29H,3-10H2,1-2H3. The van der Waals surface area contributed by atoms with Crippen molar-refractivity contribution in [1.29, 1.82) is 0 Å². The highest BCUT2D eigenvalue weighted by molar-refractivity contribution is 7.89. The van der Waals surface area contributed by atoms with E-state index < -0.39 is 20.0 Å². The minimum absolute atomic E-state index is 0.0431. The molecule has 2 saturated carbocycles. The van der Waals surface area contributed by atoms with Gasteiger partial charge in [-0.05, 0) is 63.8 Å². The van der Waals surface area contributed by atoms with E-state index in [0.29, 0.717) is 0 Å². The Bertz CT molecular complexity index is 1100. The molecule has 0 radical (unpaired) electrons. The molecule has 9 heteroatoms. The largest absolute Gasteiger partial charge is 0.308 e. The van der Waals surface area contributed by atoms with Crippen LogP contribution in [0.3, 0.4) is 0 Å². The summed E-state index contributed by atoms with van der Waals surface area (Å²) < 4.78 is 58.1. The molecular formula is C26H37N3O4S2. The molecule has 0 heterocycles. The fraction of sp³-hybridized carbons (Fsp3) is 0.538. The second-order valence-corrected chi connectivity index (χ2v) is 13.5. The third kappa shape index (κ3) is 6.71. The molecule has 4 unspecified atom stereocenters. The van der Waals surface area contributed by atoms with Crippen LogP contribution in [0, 0.1) is 13.8 Å². The normalized spacial score (nSPS) is 25.9. The summed E-state index contributed by atoms with van der Waals surface area (Å²) in [5.74, 6) is 0. The van der Waals surface area contributed by atoms with E-state index in [2.05, 4.69) is 14.8 Å². The van der Waals surface area contributed by atoms with Gasteiger partial charge in [0.15, 0.2) is 0 Å². The third-order valence-corrected chi connectivity index (χ3v) is 10.2. The number of aryl methyl sites for hydroxylation is 2. The van der Waals surface area contributed by atoms with Gasteiger partial charge in [0, 0.05) is 24.2 Å². The molecule has 4 atom stereocenters. The van der Waals surface area contributed by atoms with Crippen molar-refractivity contribution in [2.45, 2.75) is 99.2 Å². The Labute approximate surface area is 210 Å². The number of benzene rings is 2. The van der Waals surface area contributed by atoms with Gasteiger partial charge in [0.1, 0.15) is 0 Å². The lowest BCUT2D eigenvalue weighted by molar-refractivity contribution is 0.232. The van der Waals surface area contributed by atoms with Crippen LogP contribution in [0.15, 0.2) is 58.3 Å². The van der Waals surface area contributed by atoms with Crippen molar-refractivity contribution in [2.75, 3.05) is 0 Å². The molecular weight excluding hydrogens is 482 g/mol. The van der Waals surface area contributed by atoms with E-state index in [1.54, 1.807) is 48.5 Å². The van der Waals surface area contributed by atoms with Crippen molar-refractivity contribution in [3.63, 3.8) is 0 Å². The summed E-state index contributed by atoms with van der Waals surface area (Å²) >= 11 is 0. The summed E-state index contributed by atoms with van der Waals surface area (Å²) in [6.07, 6.45) is 7.20. The second kappa shape index (κ2) is 11.1. The predicted octanol–water partition coefficient (Wildman–Crippen LogP) is 3.77. The van der Waals surface area contributed by atoms with Gasteiger partial charge in [-0.15, -0.1) is 0 Å². The molecule has 2 aliphatic rings. The fourth-order valence-electron chi connectivity index (χ4n) is 5.19. The number of hydrogen-bond donors (Lipinski definition) is 3. The molecule has 0 amide bonds. The van der Waals surface area contributed by atoms with Crippen molar-refractivity contribution in [3.8, 4) is 0 Å². The SMILES string of the molecule is Cc1ccc(S(=O)(=O)NC2CCCCC2NC2CCCCC2NS(=O)(=O)c2ccc(C)cc2)cc1. The molecule has 0 aliphatic heterocycles. The average molecular weight is 520 g/mol. The lowest BCUT2D eigenvalue weighted by Crippen LogP contribution is -2.59. The Balaban J connectivity index is 1.46. The topological polar surface area (TPSA) is 104 Å². The van der Waals surface area contributed by atoms with E-state index in [0.717, 1.165) is 62.5 Å². The first kappa shape index (κ1) is 26.3. The van der Waals surface area contributed by atoms with E-state index >= 15 is 0 Å². The van der Waals surface area contributed by atoms with Gasteiger partial charge < -0.3 is 5.32 Å². The lowest BCUT2D eigenvalue weighted by Gasteiger charge is -2.40. The fourth-order valence-corrected chi connectivity index (χ4v) is 7.81. The average Bonchev–Trinajstić information content (AvgIpc) is 2.82. The van der Waals surface area contributed by atoms with Gasteiger partial charge in [-0.1, -0.05) is 61.1 Å². The molecule has 192 valence electrons. The smallest absolute Gasteiger partial charge is 0.240 e. The summed E-state index contributed by atoms with van der Waals surface area (Å²) in [4.78, 5) is 0.544. The zero-order valence-corrected chi connectivity index (χ0v) is 22.2. The van der Waals surface area contributed by atoms with Crippen molar-refractivity contribution < 1.29 is 16.8 Å². The van der Waals surface area contributed by atoms with Gasteiger partial charge in [0.05, 0.1) is 9.79 Å². The maximum atomic E-state index is 13.1. The van der Waals surface area contributed by atoms with Crippen molar-refractivity contribution in [3.05, 3.63) is 59.7 Å². The summed E-state index contributed by atoms with van der Waals surface area (Å²) in [6, 6.07) is 13.2. The second-order valence-electron chi connectivity index (χ2n) is 10.0. The van der Waals surface area contributed by atoms with E-state index in [9.17, 15) is 16.8 Å². The quantitative estimate of drug-likeness (QED) is 0.493. The van der Waals surface area contributed by atoms with E-state index in [1.165, 1.54) is 0 Å². The molecule has 2 aromatic rings. The van der Waals surface area contributed by atoms with Crippen molar-refractivity contribution in [1.82, 2.24) is 14.8 Å². The maximum Gasteiger partial charge on any atom is 0.240 e. The van der Waals surface area contributed by atoms with Crippen LogP contribution in [0.5, 0.6) is 0 Å². The molecule has 0 saturated heterocycles. The Morgan fingerprint density at radius 1 is 0.543 bits per heavy atom. The molecule has 0 bridgehead atoms. The van der Waals surface area contributed by atoms with Crippen LogP contribution < -0.4 is 14.8 Å². The van der Waals surface area contributed by atoms with Crippen LogP contribution in [0.4, 0.5) is 0 Å². The van der Waals surface area contributed by atoms with Gasteiger partial charge in [-0.25, -0.2) is 26.3 Å². The van der Waals surface area contributed by atoms with E-state index in [1.807, 2.05) is 13.8 Å². The first-order valence-corrected chi connectivity index (χ1v) is 15.5. The highest BCUT2D eigenvalue weighted by Crippen LogP contribution is 2.26. The monoisotopic (exact) mass is 519 g/mol. The zero-order valence-electron chi connectivity index (χ0n) is 20.5. The Morgan fingerprint density at radius 3 is 1.20 bits per heavy atom. The Hall–Kier alpha value is -1.78. The molecule has 3 N–H and O–H groups in total. The number of hydrogen-bond acceptors (Lipinski definition) is 5. The number of nitrogens with one attached hydrogen (secondary N) is 3. The summed E-state index contributed by atoms with van der Waals surface area (Å²) in [5.41, 5.74) is 2.02. The number of rotatable bonds is 8. The van der Waals surface area contributed by atoms with Gasteiger partial charge >= 0.3 is 0 Å². The molecule has 0 spiro atoms. The highest BCUT2D eigenvalue weighted by Gasteiger charge is 2.35. The molecule has 4 rings (SSSR count). The van der Waals surface area contributed by atoms with Gasteiger partial charge in [0.2, 0.25) is 20.0 Å². The third-order valence-electron chi connectivity index (χ3n) is 7.24. The minimum atomic E-state index is -3.63. The van der Waals surface area contributed by atoms with Gasteiger partial charge in [-0.3, -0.25) is 0 Å². The van der Waals surface area contributed by atoms with Crippen LogP contribution in [0.25, 0.3) is 0 Å². The Kier molecular flexibility index (Phi) is 8.33. The summed E-state index contributed by atoms with van der Waals surface area (Å²) in [6.45, 7) is 3.86. The van der Waals surface area contributed by atoms with Gasteiger partial charge in [-0.2, -0.15) is 0 Å². The Morgan fingerprint density at radius 2 is 0.857 bits per heavy atom. The van der Waals surface area contributed by atoms with Crippen LogP contribution in [-0.4, -0.2) is 41.0 Å². The lowest BCUT2D eigenvalue weighted by atomic mass is 9.86. The molecule has 2 fully saturated rings. The summed E-state index contributed by atoms with van der Waals surface area (Å²) in [5, 5.41) is 3.67. The van der Waals surface area contributed by atoms with Crippen LogP contribution in [0.2, 0.25) is 0 Å². The predicted molar refractivity (Wildman–Crippen MR) is 138 cm³/mol. The molecule has 7 nitrogen and oxygen atoms in total. The van der Waals surface area contributed by atoms with Crippen LogP contribution in [0.1, 0.15) is 62.5 Å². The number of sulfonamides is 2. The van der Waals surface area contributed by atoms with Crippen LogP contribution >= 0.6 is 0 Å². The minimum Gasteiger partial charge on any atom is -0.308 e. The van der Waals surface area contributed by atoms with E-state index in [4.69, 9.17) is 0 Å². The summed E-state index contributed by atoms with van der Waals surface area (Å²) in [7, 11) is -7.27. The first-order valence-electron chi connectivity index (χ1n) is 12.6. The van der Waals surface area contributed by atoms with E-state index in [-0.39, 0.29) is 34.0 Å². The molecule has 2 aromatic carbocycles. The van der Waals surface area contributed by atoms with Crippen molar-refractivity contribution in [2.24, 2.45) is 0 Å². The highest BCUT2D eigenvalue weighted by atomic mass is 32.2. The first-order chi connectivity index (χ1) is 16.6. The molecule has 0 aromatic heterocycles. The van der Waals surface area contributed by atoms with Crippen molar-refractivity contribution >= 4 is 20.0 Å². The zero-order chi connectivity index (χ0) is 25.1. The molecule has 2 aliphatic carbocycles.